The number of hydrogen-bond acceptors (Lipinski definition) is 3. The van der Waals surface area contributed by atoms with E-state index in [4.69, 9.17) is 9.84 Å². The van der Waals surface area contributed by atoms with Crippen molar-refractivity contribution in [1.29, 1.82) is 0 Å². The second kappa shape index (κ2) is 5.98. The van der Waals surface area contributed by atoms with Crippen LogP contribution in [-0.2, 0) is 22.7 Å². The minimum atomic E-state index is -0.870. The van der Waals surface area contributed by atoms with Gasteiger partial charge in [0.05, 0.1) is 6.61 Å². The van der Waals surface area contributed by atoms with Crippen LogP contribution in [0.2, 0.25) is 0 Å². The van der Waals surface area contributed by atoms with Crippen molar-refractivity contribution >= 4 is 5.97 Å². The first-order valence-electron chi connectivity index (χ1n) is 5.89. The number of benzene rings is 1. The van der Waals surface area contributed by atoms with Crippen LogP contribution in [-0.4, -0.2) is 35.7 Å². The lowest BCUT2D eigenvalue weighted by Crippen LogP contribution is -2.47. The average molecular weight is 251 g/mol. The second-order valence-electron chi connectivity index (χ2n) is 4.97. The molecule has 4 heteroatoms. The Labute approximate surface area is 108 Å². The van der Waals surface area contributed by atoms with E-state index in [0.29, 0.717) is 13.2 Å². The normalized spacial score (nSPS) is 11.8. The van der Waals surface area contributed by atoms with E-state index < -0.39 is 11.5 Å². The van der Waals surface area contributed by atoms with Crippen LogP contribution in [0.25, 0.3) is 0 Å². The Kier molecular flexibility index (Phi) is 4.87. The number of carboxylic acid groups (broad SMARTS) is 1. The van der Waals surface area contributed by atoms with E-state index in [1.165, 1.54) is 0 Å². The molecule has 0 fully saturated rings. The van der Waals surface area contributed by atoms with Crippen molar-refractivity contribution in [2.45, 2.75) is 32.5 Å². The summed E-state index contributed by atoms with van der Waals surface area (Å²) in [5, 5.41) is 9.15. The minimum absolute atomic E-state index is 0.594. The Hall–Kier alpha value is -1.39. The number of methoxy groups -OCH3 is 1. The van der Waals surface area contributed by atoms with Gasteiger partial charge >= 0.3 is 5.97 Å². The third kappa shape index (κ3) is 3.55. The number of carbonyl (C=O) groups is 1. The number of rotatable bonds is 6. The first-order chi connectivity index (χ1) is 8.37. The maximum atomic E-state index is 11.1. The molecule has 0 saturated carbocycles. The number of likely N-dealkylation sites (N-methyl/N-ethyl adjacent to an activating group) is 1. The summed E-state index contributed by atoms with van der Waals surface area (Å²) >= 11 is 0. The summed E-state index contributed by atoms with van der Waals surface area (Å²) in [7, 11) is 3.48. The van der Waals surface area contributed by atoms with Crippen LogP contribution in [0.3, 0.4) is 0 Å². The molecule has 0 aliphatic carbocycles. The van der Waals surface area contributed by atoms with E-state index in [-0.39, 0.29) is 0 Å². The quantitative estimate of drug-likeness (QED) is 0.841. The van der Waals surface area contributed by atoms with Crippen molar-refractivity contribution in [3.8, 4) is 0 Å². The molecule has 0 aliphatic heterocycles. The number of nitrogens with zero attached hydrogens (tertiary/aromatic N) is 1. The summed E-state index contributed by atoms with van der Waals surface area (Å²) in [6, 6.07) is 8.01. The van der Waals surface area contributed by atoms with Gasteiger partial charge in [-0.25, -0.2) is 0 Å². The van der Waals surface area contributed by atoms with Crippen molar-refractivity contribution in [1.82, 2.24) is 4.90 Å². The number of hydrogen-bond donors (Lipinski definition) is 1. The number of ether oxygens (including phenoxy) is 1. The van der Waals surface area contributed by atoms with Crippen LogP contribution in [0.4, 0.5) is 0 Å². The van der Waals surface area contributed by atoms with E-state index in [2.05, 4.69) is 0 Å². The lowest BCUT2D eigenvalue weighted by molar-refractivity contribution is -0.148. The molecule has 0 aliphatic rings. The maximum absolute atomic E-state index is 11.1. The Bertz CT molecular complexity index is 398. The molecule has 1 aromatic rings. The molecule has 0 heterocycles. The van der Waals surface area contributed by atoms with Crippen LogP contribution in [0.1, 0.15) is 25.0 Å². The smallest absolute Gasteiger partial charge is 0.323 e. The van der Waals surface area contributed by atoms with Crippen molar-refractivity contribution in [3.63, 3.8) is 0 Å². The van der Waals surface area contributed by atoms with Gasteiger partial charge in [0.15, 0.2) is 0 Å². The first-order valence-corrected chi connectivity index (χ1v) is 5.89. The van der Waals surface area contributed by atoms with E-state index in [1.807, 2.05) is 36.2 Å². The van der Waals surface area contributed by atoms with Crippen LogP contribution < -0.4 is 0 Å². The van der Waals surface area contributed by atoms with Crippen LogP contribution >= 0.6 is 0 Å². The average Bonchev–Trinajstić information content (AvgIpc) is 2.31. The van der Waals surface area contributed by atoms with Gasteiger partial charge in [-0.05, 0) is 32.0 Å². The number of carboxylic acids is 1. The summed E-state index contributed by atoms with van der Waals surface area (Å²) in [5.41, 5.74) is 1.33. The molecule has 1 rings (SSSR count). The number of aliphatic carboxylic acids is 1. The molecule has 0 amide bonds. The predicted molar refractivity (Wildman–Crippen MR) is 70.3 cm³/mol. The van der Waals surface area contributed by atoms with Crippen LogP contribution in [0.5, 0.6) is 0 Å². The van der Waals surface area contributed by atoms with E-state index in [0.717, 1.165) is 11.1 Å². The van der Waals surface area contributed by atoms with Crippen LogP contribution in [0, 0.1) is 0 Å². The molecule has 0 radical (unpaired) electrons. The zero-order chi connectivity index (χ0) is 13.8. The summed E-state index contributed by atoms with van der Waals surface area (Å²) in [4.78, 5) is 13.0. The fraction of sp³-hybridized carbons (Fsp3) is 0.500. The van der Waals surface area contributed by atoms with Crippen molar-refractivity contribution < 1.29 is 14.6 Å². The SMILES string of the molecule is COCc1ccc(CN(C)C(C)(C)C(=O)O)cc1. The minimum Gasteiger partial charge on any atom is -0.480 e. The lowest BCUT2D eigenvalue weighted by atomic mass is 10.0. The molecule has 0 unspecified atom stereocenters. The Morgan fingerprint density at radius 1 is 1.28 bits per heavy atom. The highest BCUT2D eigenvalue weighted by molar-refractivity contribution is 5.77. The van der Waals surface area contributed by atoms with Gasteiger partial charge < -0.3 is 9.84 Å². The van der Waals surface area contributed by atoms with Crippen LogP contribution in [0.15, 0.2) is 24.3 Å². The zero-order valence-electron chi connectivity index (χ0n) is 11.4. The van der Waals surface area contributed by atoms with E-state index in [1.54, 1.807) is 21.0 Å². The van der Waals surface area contributed by atoms with Gasteiger partial charge in [-0.1, -0.05) is 24.3 Å². The van der Waals surface area contributed by atoms with Gasteiger partial charge in [0, 0.05) is 13.7 Å². The van der Waals surface area contributed by atoms with Crippen molar-refractivity contribution in [2.24, 2.45) is 0 Å². The third-order valence-electron chi connectivity index (χ3n) is 3.23. The molecular weight excluding hydrogens is 230 g/mol. The third-order valence-corrected chi connectivity index (χ3v) is 3.23. The largest absolute Gasteiger partial charge is 0.480 e. The topological polar surface area (TPSA) is 49.8 Å². The molecule has 0 atom stereocenters. The predicted octanol–water partition coefficient (Wildman–Crippen LogP) is 2.13. The van der Waals surface area contributed by atoms with Crippen molar-refractivity contribution in [3.05, 3.63) is 35.4 Å². The summed E-state index contributed by atoms with van der Waals surface area (Å²) in [6.07, 6.45) is 0. The molecule has 4 nitrogen and oxygen atoms in total. The molecule has 100 valence electrons. The summed E-state index contributed by atoms with van der Waals surface area (Å²) < 4.78 is 5.05. The molecule has 1 aromatic carbocycles. The Morgan fingerprint density at radius 2 is 1.78 bits per heavy atom. The van der Waals surface area contributed by atoms with Crippen molar-refractivity contribution in [2.75, 3.05) is 14.2 Å². The molecule has 0 spiro atoms. The fourth-order valence-corrected chi connectivity index (χ4v) is 1.54. The first kappa shape index (κ1) is 14.7. The Morgan fingerprint density at radius 3 is 2.22 bits per heavy atom. The van der Waals surface area contributed by atoms with Gasteiger partial charge in [0.1, 0.15) is 5.54 Å². The molecule has 0 bridgehead atoms. The molecule has 1 N–H and O–H groups in total. The van der Waals surface area contributed by atoms with E-state index >= 15 is 0 Å². The molecule has 0 saturated heterocycles. The molecule has 0 aromatic heterocycles. The summed E-state index contributed by atoms with van der Waals surface area (Å²) in [5.74, 6) is -0.819. The standard InChI is InChI=1S/C14H21NO3/c1-14(2,13(16)17)15(3)9-11-5-7-12(8-6-11)10-18-4/h5-8H,9-10H2,1-4H3,(H,16,17). The highest BCUT2D eigenvalue weighted by Gasteiger charge is 2.31. The van der Waals surface area contributed by atoms with Gasteiger partial charge in [-0.3, -0.25) is 9.69 Å². The fourth-order valence-electron chi connectivity index (χ4n) is 1.54. The highest BCUT2D eigenvalue weighted by atomic mass is 16.5. The van der Waals surface area contributed by atoms with Gasteiger partial charge in [0.2, 0.25) is 0 Å². The summed E-state index contributed by atoms with van der Waals surface area (Å²) in [6.45, 7) is 4.60. The second-order valence-corrected chi connectivity index (χ2v) is 4.97. The Balaban J connectivity index is 2.70. The van der Waals surface area contributed by atoms with Gasteiger partial charge in [-0.15, -0.1) is 0 Å². The van der Waals surface area contributed by atoms with Gasteiger partial charge in [0.25, 0.3) is 0 Å². The van der Waals surface area contributed by atoms with Gasteiger partial charge in [-0.2, -0.15) is 0 Å². The lowest BCUT2D eigenvalue weighted by Gasteiger charge is -2.31. The maximum Gasteiger partial charge on any atom is 0.323 e. The molecule has 18 heavy (non-hydrogen) atoms. The zero-order valence-corrected chi connectivity index (χ0v) is 11.4. The van der Waals surface area contributed by atoms with E-state index in [9.17, 15) is 4.79 Å². The molecular formula is C14H21NO3. The monoisotopic (exact) mass is 251 g/mol. The highest BCUT2D eigenvalue weighted by Crippen LogP contribution is 2.16.